The molecule has 1 heterocycles. The first-order valence-corrected chi connectivity index (χ1v) is 10.1. The number of carbonyl (C=O) groups is 1. The van der Waals surface area contributed by atoms with Crippen LogP contribution in [0.3, 0.4) is 0 Å². The van der Waals surface area contributed by atoms with E-state index >= 15 is 0 Å². The van der Waals surface area contributed by atoms with Crippen molar-refractivity contribution >= 4 is 33.9 Å². The van der Waals surface area contributed by atoms with Gasteiger partial charge in [-0.2, -0.15) is 0 Å². The van der Waals surface area contributed by atoms with Gasteiger partial charge >= 0.3 is 0 Å². The van der Waals surface area contributed by atoms with Gasteiger partial charge in [0.15, 0.2) is 5.17 Å². The number of aliphatic imine (C=N–C) groups is 1. The molecule has 3 nitrogen and oxygen atoms in total. The average molecular weight is 357 g/mol. The summed E-state index contributed by atoms with van der Waals surface area (Å²) in [4.78, 5) is 18.9. The third-order valence-corrected chi connectivity index (χ3v) is 5.43. The first-order valence-electron chi connectivity index (χ1n) is 7.93. The molecular formula is C19H20N2OS2. The number of benzene rings is 2. The molecule has 0 N–H and O–H groups in total. The number of amides is 1. The van der Waals surface area contributed by atoms with E-state index in [1.54, 1.807) is 16.7 Å². The molecule has 1 fully saturated rings. The van der Waals surface area contributed by atoms with E-state index in [0.29, 0.717) is 0 Å². The van der Waals surface area contributed by atoms with Crippen molar-refractivity contribution in [1.82, 2.24) is 4.90 Å². The van der Waals surface area contributed by atoms with Crippen LogP contribution in [0.2, 0.25) is 0 Å². The lowest BCUT2D eigenvalue weighted by Crippen LogP contribution is -2.28. The molecule has 24 heavy (non-hydrogen) atoms. The van der Waals surface area contributed by atoms with E-state index in [1.165, 1.54) is 22.9 Å². The lowest BCUT2D eigenvalue weighted by atomic mass is 9.99. The van der Waals surface area contributed by atoms with Crippen molar-refractivity contribution in [2.24, 2.45) is 4.99 Å². The molecule has 0 saturated carbocycles. The molecule has 1 saturated heterocycles. The molecule has 1 atom stereocenters. The van der Waals surface area contributed by atoms with Gasteiger partial charge in [0.2, 0.25) is 0 Å². The van der Waals surface area contributed by atoms with Crippen LogP contribution < -0.4 is 0 Å². The van der Waals surface area contributed by atoms with E-state index in [2.05, 4.69) is 36.4 Å². The van der Waals surface area contributed by atoms with E-state index in [-0.39, 0.29) is 11.3 Å². The fraction of sp³-hybridized carbons (Fsp3) is 0.263. The molecule has 5 heteroatoms. The van der Waals surface area contributed by atoms with Gasteiger partial charge in [0.05, 0.1) is 6.04 Å². The number of amidine groups is 1. The van der Waals surface area contributed by atoms with Crippen LogP contribution >= 0.6 is 23.5 Å². The van der Waals surface area contributed by atoms with Gasteiger partial charge in [0.25, 0.3) is 5.24 Å². The second-order valence-electron chi connectivity index (χ2n) is 5.50. The summed E-state index contributed by atoms with van der Waals surface area (Å²) in [5.41, 5.74) is 2.43. The van der Waals surface area contributed by atoms with Crippen LogP contribution in [0, 0.1) is 0 Å². The summed E-state index contributed by atoms with van der Waals surface area (Å²) in [5, 5.41) is 0.921. The van der Waals surface area contributed by atoms with Crippen LogP contribution in [-0.2, 0) is 6.42 Å². The molecule has 2 aromatic carbocycles. The Kier molecular flexibility index (Phi) is 5.99. The smallest absolute Gasteiger partial charge is 0.281 e. The fourth-order valence-electron chi connectivity index (χ4n) is 2.67. The quantitative estimate of drug-likeness (QED) is 0.784. The van der Waals surface area contributed by atoms with Crippen molar-refractivity contribution in [3.8, 4) is 0 Å². The monoisotopic (exact) mass is 356 g/mol. The molecule has 1 unspecified atom stereocenters. The summed E-state index contributed by atoms with van der Waals surface area (Å²) in [5.74, 6) is 0.915. The number of hydrogen-bond donors (Lipinski definition) is 0. The number of nitrogens with zero attached hydrogens (tertiary/aromatic N) is 2. The highest BCUT2D eigenvalue weighted by atomic mass is 32.2. The standard InChI is InChI=1S/C19H20N2OS2/c1-23-19(22)21-12-13-24-18(21)20-17(16-10-6-3-7-11-16)14-15-8-4-2-5-9-15/h2-11,17H,12-14H2,1H3. The molecular weight excluding hydrogens is 336 g/mol. The molecule has 0 bridgehead atoms. The Hall–Kier alpha value is -1.72. The van der Waals surface area contributed by atoms with Gasteiger partial charge in [-0.25, -0.2) is 0 Å². The summed E-state index contributed by atoms with van der Waals surface area (Å²) in [6.07, 6.45) is 2.65. The molecule has 0 radical (unpaired) electrons. The van der Waals surface area contributed by atoms with Crippen molar-refractivity contribution in [3.63, 3.8) is 0 Å². The molecule has 1 amide bonds. The minimum atomic E-state index is 0.0198. The Labute approximate surface area is 151 Å². The average Bonchev–Trinajstić information content (AvgIpc) is 3.10. The second-order valence-corrected chi connectivity index (χ2v) is 7.32. The lowest BCUT2D eigenvalue weighted by Gasteiger charge is -2.18. The zero-order valence-electron chi connectivity index (χ0n) is 13.6. The number of rotatable bonds is 4. The van der Waals surface area contributed by atoms with Gasteiger partial charge in [-0.1, -0.05) is 84.2 Å². The summed E-state index contributed by atoms with van der Waals surface area (Å²) < 4.78 is 0. The number of carbonyl (C=O) groups excluding carboxylic acids is 1. The van der Waals surface area contributed by atoms with Crippen molar-refractivity contribution in [1.29, 1.82) is 0 Å². The number of thioether (sulfide) groups is 2. The molecule has 3 rings (SSSR count). The zero-order valence-corrected chi connectivity index (χ0v) is 15.2. The molecule has 0 spiro atoms. The Morgan fingerprint density at radius 1 is 1.17 bits per heavy atom. The highest BCUT2D eigenvalue weighted by molar-refractivity contribution is 8.15. The van der Waals surface area contributed by atoms with Crippen molar-refractivity contribution in [2.45, 2.75) is 12.5 Å². The molecule has 0 aliphatic carbocycles. The van der Waals surface area contributed by atoms with Crippen LogP contribution in [0.15, 0.2) is 65.7 Å². The predicted octanol–water partition coefficient (Wildman–Crippen LogP) is 4.86. The van der Waals surface area contributed by atoms with Crippen LogP contribution in [0.4, 0.5) is 4.79 Å². The molecule has 124 valence electrons. The van der Waals surface area contributed by atoms with E-state index in [4.69, 9.17) is 4.99 Å². The van der Waals surface area contributed by atoms with Crippen LogP contribution in [-0.4, -0.2) is 33.9 Å². The Bertz CT molecular complexity index is 704. The summed E-state index contributed by atoms with van der Waals surface area (Å²) >= 11 is 2.92. The van der Waals surface area contributed by atoms with E-state index in [0.717, 1.165) is 23.9 Å². The van der Waals surface area contributed by atoms with E-state index in [1.807, 2.05) is 30.5 Å². The SMILES string of the molecule is CSC(=O)N1CCSC1=NC(Cc1ccccc1)c1ccccc1. The first kappa shape index (κ1) is 17.1. The molecule has 1 aliphatic heterocycles. The maximum Gasteiger partial charge on any atom is 0.287 e. The minimum Gasteiger partial charge on any atom is -0.281 e. The normalized spacial score (nSPS) is 17.2. The van der Waals surface area contributed by atoms with Gasteiger partial charge in [-0.05, 0) is 23.8 Å². The van der Waals surface area contributed by atoms with Gasteiger partial charge < -0.3 is 0 Å². The molecule has 1 aliphatic rings. The predicted molar refractivity (Wildman–Crippen MR) is 105 cm³/mol. The maximum atomic E-state index is 12.1. The van der Waals surface area contributed by atoms with Crippen molar-refractivity contribution < 1.29 is 4.79 Å². The van der Waals surface area contributed by atoms with Crippen LogP contribution in [0.1, 0.15) is 17.2 Å². The van der Waals surface area contributed by atoms with E-state index in [9.17, 15) is 4.79 Å². The first-order chi connectivity index (χ1) is 11.8. The maximum absolute atomic E-state index is 12.1. The molecule has 0 aromatic heterocycles. The Morgan fingerprint density at radius 3 is 2.50 bits per heavy atom. The van der Waals surface area contributed by atoms with Crippen molar-refractivity contribution in [3.05, 3.63) is 71.8 Å². The van der Waals surface area contributed by atoms with Gasteiger partial charge in [0.1, 0.15) is 0 Å². The van der Waals surface area contributed by atoms with Gasteiger partial charge in [-0.15, -0.1) is 0 Å². The number of hydrogen-bond acceptors (Lipinski definition) is 4. The third kappa shape index (κ3) is 4.22. The highest BCUT2D eigenvalue weighted by Gasteiger charge is 2.26. The van der Waals surface area contributed by atoms with E-state index < -0.39 is 0 Å². The Balaban J connectivity index is 1.90. The van der Waals surface area contributed by atoms with Crippen LogP contribution in [0.25, 0.3) is 0 Å². The van der Waals surface area contributed by atoms with Gasteiger partial charge in [-0.3, -0.25) is 14.7 Å². The highest BCUT2D eigenvalue weighted by Crippen LogP contribution is 2.28. The molecule has 2 aromatic rings. The zero-order chi connectivity index (χ0) is 16.8. The fourth-order valence-corrected chi connectivity index (χ4v) is 4.12. The minimum absolute atomic E-state index is 0.0198. The topological polar surface area (TPSA) is 32.7 Å². The summed E-state index contributed by atoms with van der Waals surface area (Å²) in [6.45, 7) is 0.746. The second kappa shape index (κ2) is 8.40. The summed E-state index contributed by atoms with van der Waals surface area (Å²) in [6, 6.07) is 20.7. The Morgan fingerprint density at radius 2 is 1.83 bits per heavy atom. The third-order valence-electron chi connectivity index (χ3n) is 3.89. The van der Waals surface area contributed by atoms with Gasteiger partial charge in [0, 0.05) is 12.3 Å². The summed E-state index contributed by atoms with van der Waals surface area (Å²) in [7, 11) is 0. The lowest BCUT2D eigenvalue weighted by molar-refractivity contribution is 0.246. The van der Waals surface area contributed by atoms with Crippen LogP contribution in [0.5, 0.6) is 0 Å². The largest absolute Gasteiger partial charge is 0.287 e. The van der Waals surface area contributed by atoms with Crippen molar-refractivity contribution in [2.75, 3.05) is 18.6 Å².